The third-order valence-electron chi connectivity index (χ3n) is 4.38. The van der Waals surface area contributed by atoms with Crippen LogP contribution in [-0.4, -0.2) is 37.8 Å². The van der Waals surface area contributed by atoms with Crippen LogP contribution in [0.15, 0.2) is 23.7 Å². The molecule has 0 amide bonds. The quantitative estimate of drug-likeness (QED) is 0.930. The Morgan fingerprint density at radius 3 is 2.95 bits per heavy atom. The maximum Gasteiger partial charge on any atom is 0.214 e. The van der Waals surface area contributed by atoms with E-state index < -0.39 is 10.0 Å². The Hall–Kier alpha value is -1.18. The number of rotatable bonds is 4. The molecule has 2 aliphatic rings. The van der Waals surface area contributed by atoms with Gasteiger partial charge in [-0.2, -0.15) is 0 Å². The summed E-state index contributed by atoms with van der Waals surface area (Å²) in [5, 5.41) is 1.91. The Morgan fingerprint density at radius 2 is 2.14 bits per heavy atom. The molecule has 1 aliphatic carbocycles. The van der Waals surface area contributed by atoms with Gasteiger partial charge >= 0.3 is 0 Å². The number of hydrogen-bond donors (Lipinski definition) is 1. The fourth-order valence-electron chi connectivity index (χ4n) is 3.11. The Morgan fingerprint density at radius 1 is 1.27 bits per heavy atom. The topological polar surface area (TPSA) is 62.3 Å². The zero-order valence-corrected chi connectivity index (χ0v) is 13.9. The van der Waals surface area contributed by atoms with E-state index in [2.05, 4.69) is 20.0 Å². The molecule has 1 aliphatic heterocycles. The van der Waals surface area contributed by atoms with Gasteiger partial charge in [-0.05, 0) is 43.2 Å². The number of nitrogens with one attached hydrogen (secondary N) is 1. The third kappa shape index (κ3) is 2.73. The first kappa shape index (κ1) is 14.4. The second kappa shape index (κ2) is 5.47. The number of anilines is 1. The summed E-state index contributed by atoms with van der Waals surface area (Å²) >= 11 is 1.69. The van der Waals surface area contributed by atoms with Crippen LogP contribution in [0.5, 0.6) is 0 Å². The molecule has 1 N–H and O–H groups in total. The minimum absolute atomic E-state index is 0.0162. The van der Waals surface area contributed by atoms with E-state index in [-0.39, 0.29) is 11.3 Å². The molecule has 2 aromatic rings. The van der Waals surface area contributed by atoms with Crippen molar-refractivity contribution >= 4 is 37.3 Å². The van der Waals surface area contributed by atoms with Crippen LogP contribution in [0.3, 0.4) is 0 Å². The van der Waals surface area contributed by atoms with Crippen molar-refractivity contribution in [2.75, 3.05) is 18.0 Å². The van der Waals surface area contributed by atoms with Crippen molar-refractivity contribution in [1.29, 1.82) is 0 Å². The summed E-state index contributed by atoms with van der Waals surface area (Å²) in [6, 6.07) is 4.08. The van der Waals surface area contributed by atoms with Gasteiger partial charge in [-0.25, -0.2) is 13.1 Å². The van der Waals surface area contributed by atoms with Crippen LogP contribution in [-0.2, 0) is 10.0 Å². The van der Waals surface area contributed by atoms with E-state index in [1.165, 1.54) is 10.4 Å². The van der Waals surface area contributed by atoms with Crippen molar-refractivity contribution in [3.05, 3.63) is 23.7 Å². The number of aromatic nitrogens is 1. The van der Waals surface area contributed by atoms with Crippen LogP contribution in [0.2, 0.25) is 0 Å². The number of sulfonamides is 1. The lowest BCUT2D eigenvalue weighted by Gasteiger charge is -2.34. The largest absolute Gasteiger partial charge is 0.369 e. The van der Waals surface area contributed by atoms with Gasteiger partial charge in [0.15, 0.2) is 0 Å². The van der Waals surface area contributed by atoms with Gasteiger partial charge in [0.1, 0.15) is 0 Å². The molecule has 2 fully saturated rings. The second-order valence-electron chi connectivity index (χ2n) is 6.11. The Balaban J connectivity index is 1.54. The summed E-state index contributed by atoms with van der Waals surface area (Å²) in [7, 11) is -3.11. The smallest absolute Gasteiger partial charge is 0.214 e. The zero-order valence-electron chi connectivity index (χ0n) is 12.2. The maximum absolute atomic E-state index is 12.1. The van der Waals surface area contributed by atoms with E-state index in [1.54, 1.807) is 11.3 Å². The van der Waals surface area contributed by atoms with Crippen molar-refractivity contribution in [2.45, 2.75) is 37.0 Å². The Kier molecular flexibility index (Phi) is 3.58. The molecule has 4 rings (SSSR count). The van der Waals surface area contributed by atoms with Gasteiger partial charge < -0.3 is 4.90 Å². The molecule has 118 valence electrons. The second-order valence-corrected chi connectivity index (χ2v) is 9.02. The highest BCUT2D eigenvalue weighted by molar-refractivity contribution is 7.90. The van der Waals surface area contributed by atoms with Gasteiger partial charge in [-0.15, -0.1) is 11.3 Å². The highest BCUT2D eigenvalue weighted by Crippen LogP contribution is 2.32. The van der Waals surface area contributed by atoms with Crippen molar-refractivity contribution < 1.29 is 8.42 Å². The monoisotopic (exact) mass is 337 g/mol. The Bertz CT molecular complexity index is 783. The molecule has 3 heterocycles. The predicted octanol–water partition coefficient (Wildman–Crippen LogP) is 2.35. The lowest BCUT2D eigenvalue weighted by molar-refractivity contribution is 0.466. The number of thiophene rings is 1. The van der Waals surface area contributed by atoms with Crippen molar-refractivity contribution in [2.24, 2.45) is 0 Å². The average molecular weight is 337 g/mol. The molecule has 0 radical (unpaired) electrons. The van der Waals surface area contributed by atoms with Crippen LogP contribution in [0.4, 0.5) is 5.69 Å². The van der Waals surface area contributed by atoms with Crippen LogP contribution in [0.1, 0.15) is 25.7 Å². The van der Waals surface area contributed by atoms with E-state index >= 15 is 0 Å². The summed E-state index contributed by atoms with van der Waals surface area (Å²) in [6.45, 7) is 1.71. The number of nitrogens with zero attached hydrogens (tertiary/aromatic N) is 2. The lowest BCUT2D eigenvalue weighted by atomic mass is 10.1. The summed E-state index contributed by atoms with van der Waals surface area (Å²) in [5.74, 6) is 0. The SMILES string of the molecule is O=S(=O)(NC1CCCN(c2ccnc3ccsc23)C1)C1CC1. The van der Waals surface area contributed by atoms with Crippen molar-refractivity contribution in [3.63, 3.8) is 0 Å². The maximum atomic E-state index is 12.1. The molecule has 0 spiro atoms. The number of fused-ring (bicyclic) bond motifs is 1. The molecule has 1 unspecified atom stereocenters. The van der Waals surface area contributed by atoms with E-state index in [1.807, 2.05) is 18.3 Å². The van der Waals surface area contributed by atoms with Crippen molar-refractivity contribution in [1.82, 2.24) is 9.71 Å². The molecule has 22 heavy (non-hydrogen) atoms. The van der Waals surface area contributed by atoms with Gasteiger partial charge in [-0.1, -0.05) is 0 Å². The summed E-state index contributed by atoms with van der Waals surface area (Å²) < 4.78 is 28.4. The van der Waals surface area contributed by atoms with Crippen LogP contribution >= 0.6 is 11.3 Å². The lowest BCUT2D eigenvalue weighted by Crippen LogP contribution is -2.48. The summed E-state index contributed by atoms with van der Waals surface area (Å²) in [6.07, 6.45) is 5.38. The van der Waals surface area contributed by atoms with Crippen LogP contribution in [0, 0.1) is 0 Å². The first-order chi connectivity index (χ1) is 10.6. The van der Waals surface area contributed by atoms with Gasteiger partial charge in [0.05, 0.1) is 21.2 Å². The standard InChI is InChI=1S/C15H19N3O2S2/c19-22(20,12-3-4-12)17-11-2-1-8-18(10-11)14-5-7-16-13-6-9-21-15(13)14/h5-7,9,11-12,17H,1-4,8,10H2. The van der Waals surface area contributed by atoms with Gasteiger partial charge in [0, 0.05) is 25.3 Å². The van der Waals surface area contributed by atoms with Gasteiger partial charge in [0.2, 0.25) is 10.0 Å². The molecule has 7 heteroatoms. The highest BCUT2D eigenvalue weighted by atomic mass is 32.2. The highest BCUT2D eigenvalue weighted by Gasteiger charge is 2.37. The number of pyridine rings is 1. The van der Waals surface area contributed by atoms with E-state index in [0.717, 1.165) is 44.3 Å². The molecular formula is C15H19N3O2S2. The molecule has 1 atom stereocenters. The van der Waals surface area contributed by atoms with Crippen LogP contribution in [0.25, 0.3) is 10.2 Å². The van der Waals surface area contributed by atoms with E-state index in [9.17, 15) is 8.42 Å². The minimum atomic E-state index is -3.11. The molecular weight excluding hydrogens is 318 g/mol. The molecule has 1 saturated heterocycles. The molecule has 0 bridgehead atoms. The average Bonchev–Trinajstić information content (AvgIpc) is 3.26. The zero-order chi connectivity index (χ0) is 15.2. The number of piperidine rings is 1. The predicted molar refractivity (Wildman–Crippen MR) is 89.9 cm³/mol. The molecule has 2 aromatic heterocycles. The van der Waals surface area contributed by atoms with E-state index in [4.69, 9.17) is 0 Å². The fraction of sp³-hybridized carbons (Fsp3) is 0.533. The van der Waals surface area contributed by atoms with Crippen molar-refractivity contribution in [3.8, 4) is 0 Å². The van der Waals surface area contributed by atoms with Crippen LogP contribution < -0.4 is 9.62 Å². The summed E-state index contributed by atoms with van der Waals surface area (Å²) in [5.41, 5.74) is 2.19. The summed E-state index contributed by atoms with van der Waals surface area (Å²) in [4.78, 5) is 6.67. The molecule has 0 aromatic carbocycles. The molecule has 5 nitrogen and oxygen atoms in total. The van der Waals surface area contributed by atoms with E-state index in [0.29, 0.717) is 0 Å². The Labute approximate surface area is 134 Å². The van der Waals surface area contributed by atoms with Gasteiger partial charge in [-0.3, -0.25) is 4.98 Å². The first-order valence-electron chi connectivity index (χ1n) is 7.72. The molecule has 1 saturated carbocycles. The fourth-order valence-corrected chi connectivity index (χ4v) is 5.61. The third-order valence-corrected chi connectivity index (χ3v) is 7.32. The van der Waals surface area contributed by atoms with Gasteiger partial charge in [0.25, 0.3) is 0 Å². The first-order valence-corrected chi connectivity index (χ1v) is 10.1. The minimum Gasteiger partial charge on any atom is -0.369 e. The normalized spacial score (nSPS) is 23.1. The number of hydrogen-bond acceptors (Lipinski definition) is 5.